The van der Waals surface area contributed by atoms with Crippen LogP contribution >= 0.6 is 0 Å². The minimum absolute atomic E-state index is 0.218. The van der Waals surface area contributed by atoms with E-state index in [0.29, 0.717) is 31.0 Å². The van der Waals surface area contributed by atoms with Crippen LogP contribution in [0.15, 0.2) is 24.3 Å². The number of carboxylic acid groups (broad SMARTS) is 1. The van der Waals surface area contributed by atoms with Crippen LogP contribution in [0.3, 0.4) is 0 Å². The number of urea groups is 1. The number of methoxy groups -OCH3 is 1. The van der Waals surface area contributed by atoms with Crippen LogP contribution in [0, 0.1) is 5.41 Å². The standard InChI is InChI=1S/C17H24N2O5/c1-12(24-14-7-5-4-6-13(14)23-3)10-18-16(22)19-9-8-17(2,11-19)15(20)21/h4-7,12H,8-11H2,1-3H3,(H,18,22)(H,20,21). The lowest BCUT2D eigenvalue weighted by molar-refractivity contribution is -0.147. The monoisotopic (exact) mass is 336 g/mol. The fraction of sp³-hybridized carbons (Fsp3) is 0.529. The van der Waals surface area contributed by atoms with Crippen molar-refractivity contribution in [3.8, 4) is 11.5 Å². The van der Waals surface area contributed by atoms with Gasteiger partial charge in [-0.15, -0.1) is 0 Å². The van der Waals surface area contributed by atoms with Gasteiger partial charge in [0.25, 0.3) is 0 Å². The molecule has 1 aromatic carbocycles. The van der Waals surface area contributed by atoms with E-state index < -0.39 is 11.4 Å². The fourth-order valence-electron chi connectivity index (χ4n) is 2.63. The molecule has 1 heterocycles. The molecule has 1 aliphatic heterocycles. The number of amides is 2. The van der Waals surface area contributed by atoms with Crippen molar-refractivity contribution in [1.29, 1.82) is 0 Å². The van der Waals surface area contributed by atoms with E-state index >= 15 is 0 Å². The van der Waals surface area contributed by atoms with Crippen molar-refractivity contribution in [1.82, 2.24) is 10.2 Å². The molecule has 2 atom stereocenters. The summed E-state index contributed by atoms with van der Waals surface area (Å²) in [6, 6.07) is 7.04. The Morgan fingerprint density at radius 2 is 2.04 bits per heavy atom. The highest BCUT2D eigenvalue weighted by molar-refractivity contribution is 5.79. The molecule has 0 radical (unpaired) electrons. The van der Waals surface area contributed by atoms with Gasteiger partial charge in [-0.1, -0.05) is 12.1 Å². The normalized spacial score (nSPS) is 21.2. The second-order valence-electron chi connectivity index (χ2n) is 6.30. The number of ether oxygens (including phenoxy) is 2. The smallest absolute Gasteiger partial charge is 0.317 e. The van der Waals surface area contributed by atoms with Gasteiger partial charge in [0, 0.05) is 13.1 Å². The number of carboxylic acids is 1. The topological polar surface area (TPSA) is 88.1 Å². The van der Waals surface area contributed by atoms with Crippen LogP contribution in [0.2, 0.25) is 0 Å². The maximum absolute atomic E-state index is 12.2. The summed E-state index contributed by atoms with van der Waals surface area (Å²) >= 11 is 0. The van der Waals surface area contributed by atoms with Gasteiger partial charge in [-0.05, 0) is 32.4 Å². The maximum Gasteiger partial charge on any atom is 0.317 e. The number of benzene rings is 1. The largest absolute Gasteiger partial charge is 0.493 e. The minimum atomic E-state index is -0.870. The molecule has 24 heavy (non-hydrogen) atoms. The molecular weight excluding hydrogens is 312 g/mol. The third-order valence-corrected chi connectivity index (χ3v) is 4.21. The number of hydrogen-bond donors (Lipinski definition) is 2. The maximum atomic E-state index is 12.2. The molecule has 0 saturated carbocycles. The highest BCUT2D eigenvalue weighted by atomic mass is 16.5. The predicted octanol–water partition coefficient (Wildman–Crippen LogP) is 1.97. The molecule has 2 amide bonds. The molecule has 0 aliphatic carbocycles. The molecule has 7 nitrogen and oxygen atoms in total. The van der Waals surface area contributed by atoms with Gasteiger partial charge in [-0.3, -0.25) is 4.79 Å². The number of carbonyl (C=O) groups is 2. The fourth-order valence-corrected chi connectivity index (χ4v) is 2.63. The Labute approximate surface area is 141 Å². The summed E-state index contributed by atoms with van der Waals surface area (Å²) in [6.45, 7) is 4.48. The second kappa shape index (κ2) is 7.42. The average Bonchev–Trinajstić information content (AvgIpc) is 2.97. The molecule has 0 spiro atoms. The van der Waals surface area contributed by atoms with Crippen molar-refractivity contribution in [2.45, 2.75) is 26.4 Å². The molecule has 0 bridgehead atoms. The van der Waals surface area contributed by atoms with E-state index in [1.165, 1.54) is 4.90 Å². The first-order chi connectivity index (χ1) is 11.4. The van der Waals surface area contributed by atoms with Crippen LogP contribution in [-0.4, -0.2) is 54.9 Å². The number of carbonyl (C=O) groups excluding carboxylic acids is 1. The quantitative estimate of drug-likeness (QED) is 0.829. The Bertz CT molecular complexity index is 606. The van der Waals surface area contributed by atoms with Crippen LogP contribution < -0.4 is 14.8 Å². The summed E-state index contributed by atoms with van der Waals surface area (Å²) in [7, 11) is 1.57. The lowest BCUT2D eigenvalue weighted by atomic mass is 9.90. The van der Waals surface area contributed by atoms with E-state index in [9.17, 15) is 14.7 Å². The average molecular weight is 336 g/mol. The van der Waals surface area contributed by atoms with E-state index in [0.717, 1.165) is 0 Å². The van der Waals surface area contributed by atoms with Crippen molar-refractivity contribution in [2.24, 2.45) is 5.41 Å². The molecule has 132 valence electrons. The third kappa shape index (κ3) is 4.10. The molecule has 2 N–H and O–H groups in total. The molecule has 2 unspecified atom stereocenters. The Hall–Kier alpha value is -2.44. The van der Waals surface area contributed by atoms with E-state index in [1.54, 1.807) is 26.2 Å². The Balaban J connectivity index is 1.83. The van der Waals surface area contributed by atoms with Gasteiger partial charge >= 0.3 is 12.0 Å². The molecule has 1 aromatic rings. The summed E-state index contributed by atoms with van der Waals surface area (Å²) in [5, 5.41) is 12.0. The number of para-hydroxylation sites is 2. The summed E-state index contributed by atoms with van der Waals surface area (Å²) in [4.78, 5) is 24.9. The van der Waals surface area contributed by atoms with Gasteiger partial charge in [0.1, 0.15) is 6.10 Å². The van der Waals surface area contributed by atoms with E-state index in [1.807, 2.05) is 19.1 Å². The molecule has 2 rings (SSSR count). The molecule has 7 heteroatoms. The number of likely N-dealkylation sites (tertiary alicyclic amines) is 1. The lowest BCUT2D eigenvalue weighted by Crippen LogP contribution is -2.43. The van der Waals surface area contributed by atoms with Crippen LogP contribution in [0.4, 0.5) is 4.79 Å². The van der Waals surface area contributed by atoms with Gasteiger partial charge < -0.3 is 24.8 Å². The number of nitrogens with zero attached hydrogens (tertiary/aromatic N) is 1. The zero-order chi connectivity index (χ0) is 17.7. The van der Waals surface area contributed by atoms with Crippen molar-refractivity contribution < 1.29 is 24.2 Å². The highest BCUT2D eigenvalue weighted by Gasteiger charge is 2.42. The predicted molar refractivity (Wildman–Crippen MR) is 88.4 cm³/mol. The minimum Gasteiger partial charge on any atom is -0.493 e. The van der Waals surface area contributed by atoms with Crippen molar-refractivity contribution in [3.05, 3.63) is 24.3 Å². The Kier molecular flexibility index (Phi) is 5.54. The van der Waals surface area contributed by atoms with Crippen molar-refractivity contribution >= 4 is 12.0 Å². The number of nitrogens with one attached hydrogen (secondary N) is 1. The number of rotatable bonds is 6. The first-order valence-corrected chi connectivity index (χ1v) is 7.91. The van der Waals surface area contributed by atoms with E-state index in [-0.39, 0.29) is 18.7 Å². The first kappa shape index (κ1) is 17.9. The van der Waals surface area contributed by atoms with Crippen LogP contribution in [0.5, 0.6) is 11.5 Å². The second-order valence-corrected chi connectivity index (χ2v) is 6.30. The number of aliphatic carboxylic acids is 1. The summed E-state index contributed by atoms with van der Waals surface area (Å²) in [6.07, 6.45) is 0.210. The summed E-state index contributed by atoms with van der Waals surface area (Å²) < 4.78 is 11.0. The SMILES string of the molecule is COc1ccccc1OC(C)CNC(=O)N1CCC(C)(C(=O)O)C1. The van der Waals surface area contributed by atoms with Crippen LogP contribution in [0.25, 0.3) is 0 Å². The molecule has 0 aromatic heterocycles. The zero-order valence-corrected chi connectivity index (χ0v) is 14.2. The Morgan fingerprint density at radius 1 is 1.38 bits per heavy atom. The zero-order valence-electron chi connectivity index (χ0n) is 14.2. The van der Waals surface area contributed by atoms with Crippen LogP contribution in [-0.2, 0) is 4.79 Å². The summed E-state index contributed by atoms with van der Waals surface area (Å²) in [5.74, 6) is 0.375. The van der Waals surface area contributed by atoms with Crippen molar-refractivity contribution in [2.75, 3.05) is 26.7 Å². The van der Waals surface area contributed by atoms with Gasteiger partial charge in [-0.2, -0.15) is 0 Å². The highest BCUT2D eigenvalue weighted by Crippen LogP contribution is 2.30. The van der Waals surface area contributed by atoms with E-state index in [2.05, 4.69) is 5.32 Å². The van der Waals surface area contributed by atoms with Crippen molar-refractivity contribution in [3.63, 3.8) is 0 Å². The van der Waals surface area contributed by atoms with E-state index in [4.69, 9.17) is 9.47 Å². The van der Waals surface area contributed by atoms with Crippen LogP contribution in [0.1, 0.15) is 20.3 Å². The number of hydrogen-bond acceptors (Lipinski definition) is 4. The third-order valence-electron chi connectivity index (χ3n) is 4.21. The van der Waals surface area contributed by atoms with Gasteiger partial charge in [0.05, 0.1) is 19.1 Å². The Morgan fingerprint density at radius 3 is 2.62 bits per heavy atom. The molecule has 1 fully saturated rings. The summed E-state index contributed by atoms with van der Waals surface area (Å²) in [5.41, 5.74) is -0.864. The van der Waals surface area contributed by atoms with Gasteiger partial charge in [0.2, 0.25) is 0 Å². The first-order valence-electron chi connectivity index (χ1n) is 7.91. The lowest BCUT2D eigenvalue weighted by Gasteiger charge is -2.22. The van der Waals surface area contributed by atoms with Gasteiger partial charge in [-0.25, -0.2) is 4.79 Å². The molecular formula is C17H24N2O5. The molecule has 1 saturated heterocycles. The molecule has 1 aliphatic rings. The van der Waals surface area contributed by atoms with Gasteiger partial charge in [0.15, 0.2) is 11.5 Å².